The van der Waals surface area contributed by atoms with Gasteiger partial charge in [-0.3, -0.25) is 0 Å². The van der Waals surface area contributed by atoms with Crippen LogP contribution in [0.5, 0.6) is 0 Å². The van der Waals surface area contributed by atoms with Gasteiger partial charge in [0.1, 0.15) is 0 Å². The van der Waals surface area contributed by atoms with Crippen LogP contribution in [0.3, 0.4) is 0 Å². The molecule has 0 aliphatic rings. The van der Waals surface area contributed by atoms with Gasteiger partial charge in [0.2, 0.25) is 0 Å². The molecular weight excluding hydrogens is 533 g/mol. The Labute approximate surface area is 214 Å². The van der Waals surface area contributed by atoms with Gasteiger partial charge in [-0.25, -0.2) is 0 Å². The second-order valence-electron chi connectivity index (χ2n) is 7.92. The summed E-state index contributed by atoms with van der Waals surface area (Å²) in [4.78, 5) is 0. The molecule has 0 spiro atoms. The van der Waals surface area contributed by atoms with Gasteiger partial charge in [-0.15, -0.1) is 0 Å². The quantitative estimate of drug-likeness (QED) is 0.200. The predicted octanol–water partition coefficient (Wildman–Crippen LogP) is 6.85. The van der Waals surface area contributed by atoms with Crippen molar-refractivity contribution in [3.63, 3.8) is 0 Å². The van der Waals surface area contributed by atoms with Gasteiger partial charge in [0, 0.05) is 14.5 Å². The van der Waals surface area contributed by atoms with Crippen LogP contribution in [0.2, 0.25) is 0 Å². The van der Waals surface area contributed by atoms with Crippen LogP contribution < -0.4 is 31.3 Å². The molecule has 0 bridgehead atoms. The van der Waals surface area contributed by atoms with E-state index in [2.05, 4.69) is 150 Å². The summed E-state index contributed by atoms with van der Waals surface area (Å²) in [6.07, 6.45) is 0. The van der Waals surface area contributed by atoms with E-state index in [1.807, 2.05) is 0 Å². The third kappa shape index (κ3) is 5.10. The van der Waals surface area contributed by atoms with Gasteiger partial charge in [-0.2, -0.15) is 0 Å². The molecule has 5 aromatic rings. The zero-order chi connectivity index (χ0) is 23.3. The van der Waals surface area contributed by atoms with Crippen molar-refractivity contribution in [2.75, 3.05) is 0 Å². The van der Waals surface area contributed by atoms with Crippen LogP contribution in [0.1, 0.15) is 5.56 Å². The third-order valence-corrected chi connectivity index (χ3v) is 13.8. The maximum absolute atomic E-state index is 3.96. The first-order chi connectivity index (χ1) is 16.7. The Morgan fingerprint density at radius 2 is 0.882 bits per heavy atom. The highest BCUT2D eigenvalue weighted by Gasteiger charge is 2.24. The number of hydrogen-bond acceptors (Lipinski definition) is 0. The number of rotatable bonds is 6. The molecule has 0 unspecified atom stereocenters. The number of benzene rings is 4. The average Bonchev–Trinajstić information content (AvgIpc) is 2.90. The molecule has 0 saturated carbocycles. The number of hydrogen-bond donors (Lipinski definition) is 0. The Hall–Kier alpha value is -2.13. The van der Waals surface area contributed by atoms with Crippen LogP contribution >= 0.6 is 40.0 Å². The van der Waals surface area contributed by atoms with E-state index in [9.17, 15) is 0 Å². The minimum Gasteiger partial charge on any atom is -0.0622 e. The summed E-state index contributed by atoms with van der Waals surface area (Å²) < 4.78 is 1.20. The molecule has 0 atom stereocenters. The molecule has 0 radical (unpaired) electrons. The average molecular weight is 557 g/mol. The van der Waals surface area contributed by atoms with Crippen LogP contribution in [-0.4, -0.2) is 0 Å². The van der Waals surface area contributed by atoms with Gasteiger partial charge >= 0.3 is 0 Å². The molecule has 1 heterocycles. The second kappa shape index (κ2) is 11.1. The molecule has 0 nitrogen and oxygen atoms in total. The zero-order valence-electron chi connectivity index (χ0n) is 18.8. The van der Waals surface area contributed by atoms with E-state index in [1.165, 1.54) is 49.5 Å². The van der Waals surface area contributed by atoms with Crippen LogP contribution in [0.25, 0.3) is 0 Å². The van der Waals surface area contributed by atoms with E-state index in [1.54, 1.807) is 0 Å². The first kappa shape index (κ1) is 23.6. The molecule has 0 N–H and O–H groups in total. The van der Waals surface area contributed by atoms with E-state index < -0.39 is 15.8 Å². The lowest BCUT2D eigenvalue weighted by Gasteiger charge is -2.25. The SMILES string of the molecule is Cc1c(Br)cc(P(c2ccccc2)c2ccccc2)pc1P(c1ccccc1)c1ccccc1. The fourth-order valence-corrected chi connectivity index (χ4v) is 13.0. The maximum Gasteiger partial charge on any atom is 0.0224 e. The highest BCUT2D eigenvalue weighted by Crippen LogP contribution is 2.43. The summed E-state index contributed by atoms with van der Waals surface area (Å²) in [5.74, 6) is 0. The summed E-state index contributed by atoms with van der Waals surface area (Å²) in [7, 11) is 0.0555. The van der Waals surface area contributed by atoms with Gasteiger partial charge in [-0.05, 0) is 55.6 Å². The van der Waals surface area contributed by atoms with Crippen LogP contribution in [0.4, 0.5) is 0 Å². The Morgan fingerprint density at radius 3 is 1.26 bits per heavy atom. The molecular formula is C30H24BrP3. The molecule has 4 aromatic carbocycles. The van der Waals surface area contributed by atoms with Gasteiger partial charge in [-0.1, -0.05) is 145 Å². The summed E-state index contributed by atoms with van der Waals surface area (Å²) in [5.41, 5.74) is 1.36. The van der Waals surface area contributed by atoms with Crippen molar-refractivity contribution in [2.45, 2.75) is 6.92 Å². The van der Waals surface area contributed by atoms with E-state index in [4.69, 9.17) is 0 Å². The monoisotopic (exact) mass is 556 g/mol. The maximum atomic E-state index is 3.96. The Balaban J connectivity index is 1.73. The summed E-state index contributed by atoms with van der Waals surface area (Å²) in [6.45, 7) is 2.27. The van der Waals surface area contributed by atoms with Crippen molar-refractivity contribution >= 4 is 71.3 Å². The Kier molecular flexibility index (Phi) is 7.69. The third-order valence-electron chi connectivity index (χ3n) is 5.67. The predicted molar refractivity (Wildman–Crippen MR) is 159 cm³/mol. The Morgan fingerprint density at radius 1 is 0.529 bits per heavy atom. The first-order valence-electron chi connectivity index (χ1n) is 11.2. The second-order valence-corrected chi connectivity index (χ2v) is 15.0. The van der Waals surface area contributed by atoms with E-state index in [0.717, 1.165) is 0 Å². The molecule has 4 heteroatoms. The molecule has 0 amide bonds. The van der Waals surface area contributed by atoms with Crippen LogP contribution in [0, 0.1) is 6.92 Å². The van der Waals surface area contributed by atoms with Crippen molar-refractivity contribution < 1.29 is 0 Å². The lowest BCUT2D eigenvalue weighted by molar-refractivity contribution is 1.52. The topological polar surface area (TPSA) is 0 Å². The molecule has 166 valence electrons. The lowest BCUT2D eigenvalue weighted by atomic mass is 10.4. The number of halogens is 1. The summed E-state index contributed by atoms with van der Waals surface area (Å²) in [6, 6.07) is 46.4. The molecule has 0 aliphatic heterocycles. The van der Waals surface area contributed by atoms with Crippen molar-refractivity contribution in [3.05, 3.63) is 137 Å². The first-order valence-corrected chi connectivity index (χ1v) is 15.6. The van der Waals surface area contributed by atoms with E-state index in [0.29, 0.717) is 0 Å². The molecule has 0 saturated heterocycles. The van der Waals surface area contributed by atoms with Crippen molar-refractivity contribution in [1.29, 1.82) is 0 Å². The Bertz CT molecular complexity index is 1280. The van der Waals surface area contributed by atoms with Crippen molar-refractivity contribution in [2.24, 2.45) is 0 Å². The lowest BCUT2D eigenvalue weighted by Crippen LogP contribution is -2.24. The van der Waals surface area contributed by atoms with Crippen molar-refractivity contribution in [3.8, 4) is 0 Å². The van der Waals surface area contributed by atoms with Crippen LogP contribution in [0.15, 0.2) is 132 Å². The fourth-order valence-electron chi connectivity index (χ4n) is 4.00. The summed E-state index contributed by atoms with van der Waals surface area (Å²) >= 11 is 3.96. The van der Waals surface area contributed by atoms with Crippen molar-refractivity contribution in [1.82, 2.24) is 0 Å². The van der Waals surface area contributed by atoms with Gasteiger partial charge in [0.25, 0.3) is 0 Å². The molecule has 0 fully saturated rings. The highest BCUT2D eigenvalue weighted by atomic mass is 79.9. The van der Waals surface area contributed by atoms with Gasteiger partial charge < -0.3 is 0 Å². The standard InChI is InChI=1S/C30H24BrP3/c1-23-28(31)22-29(33(24-14-6-2-7-15-24)25-16-8-3-9-17-25)32-30(23)34(26-18-10-4-11-19-26)27-20-12-5-13-21-27/h2-22H,1H3. The zero-order valence-corrected chi connectivity index (χ0v) is 23.1. The molecule has 5 rings (SSSR count). The highest BCUT2D eigenvalue weighted by molar-refractivity contribution is 9.10. The van der Waals surface area contributed by atoms with Gasteiger partial charge in [0.05, 0.1) is 0 Å². The molecule has 0 aliphatic carbocycles. The minimum absolute atomic E-state index is 0.630. The minimum atomic E-state index is -0.638. The fraction of sp³-hybridized carbons (Fsp3) is 0.0333. The van der Waals surface area contributed by atoms with Gasteiger partial charge in [0.15, 0.2) is 0 Å². The van der Waals surface area contributed by atoms with E-state index >= 15 is 0 Å². The largest absolute Gasteiger partial charge is 0.0622 e. The molecule has 34 heavy (non-hydrogen) atoms. The normalized spacial score (nSPS) is 11.4. The smallest absolute Gasteiger partial charge is 0.0224 e. The van der Waals surface area contributed by atoms with E-state index in [-0.39, 0.29) is 0 Å². The molecule has 1 aromatic heterocycles. The van der Waals surface area contributed by atoms with Crippen LogP contribution in [-0.2, 0) is 0 Å². The summed E-state index contributed by atoms with van der Waals surface area (Å²) in [5, 5.41) is 8.57.